The number of halogens is 3. The van der Waals surface area contributed by atoms with Gasteiger partial charge in [-0.25, -0.2) is 8.78 Å². The molecule has 0 amide bonds. The molecular weight excluding hydrogens is 244 g/mol. The van der Waals surface area contributed by atoms with Crippen molar-refractivity contribution >= 4 is 11.6 Å². The molecule has 0 aliphatic rings. The Hall–Kier alpha value is -0.670. The summed E-state index contributed by atoms with van der Waals surface area (Å²) in [5.74, 6) is -1.78. The van der Waals surface area contributed by atoms with Crippen LogP contribution in [0, 0.1) is 17.0 Å². The molecule has 0 spiro atoms. The normalized spacial score (nSPS) is 13.8. The summed E-state index contributed by atoms with van der Waals surface area (Å²) < 4.78 is 26.3. The first kappa shape index (κ1) is 14.4. The molecular formula is C13H18ClF2N. The average molecular weight is 262 g/mol. The van der Waals surface area contributed by atoms with Gasteiger partial charge in [-0.2, -0.15) is 0 Å². The van der Waals surface area contributed by atoms with Crippen LogP contribution in [0.3, 0.4) is 0 Å². The average Bonchev–Trinajstić information content (AvgIpc) is 2.26. The molecule has 0 aliphatic heterocycles. The molecule has 1 N–H and O–H groups in total. The van der Waals surface area contributed by atoms with Gasteiger partial charge >= 0.3 is 0 Å². The molecule has 0 aliphatic carbocycles. The molecule has 96 valence electrons. The molecule has 1 aromatic carbocycles. The van der Waals surface area contributed by atoms with E-state index in [2.05, 4.69) is 26.1 Å². The maximum absolute atomic E-state index is 13.3. The summed E-state index contributed by atoms with van der Waals surface area (Å²) >= 11 is 5.99. The van der Waals surface area contributed by atoms with E-state index < -0.39 is 11.6 Å². The fraction of sp³-hybridized carbons (Fsp3) is 0.538. The van der Waals surface area contributed by atoms with Crippen LogP contribution in [0.5, 0.6) is 0 Å². The van der Waals surface area contributed by atoms with Gasteiger partial charge in [-0.15, -0.1) is 0 Å². The third kappa shape index (κ3) is 2.96. The third-order valence-electron chi connectivity index (χ3n) is 3.33. The maximum atomic E-state index is 13.3. The minimum Gasteiger partial charge on any atom is -0.313 e. The number of hydrogen-bond acceptors (Lipinski definition) is 1. The Morgan fingerprint density at radius 2 is 1.82 bits per heavy atom. The zero-order chi connectivity index (χ0) is 13.2. The molecule has 0 aromatic heterocycles. The first-order chi connectivity index (χ1) is 7.83. The van der Waals surface area contributed by atoms with Crippen molar-refractivity contribution in [2.24, 2.45) is 5.41 Å². The van der Waals surface area contributed by atoms with E-state index in [1.165, 1.54) is 6.07 Å². The molecule has 0 radical (unpaired) electrons. The molecule has 1 rings (SSSR count). The van der Waals surface area contributed by atoms with Gasteiger partial charge in [0.25, 0.3) is 0 Å². The van der Waals surface area contributed by atoms with E-state index in [0.29, 0.717) is 5.56 Å². The van der Waals surface area contributed by atoms with E-state index in [-0.39, 0.29) is 16.5 Å². The Morgan fingerprint density at radius 1 is 1.29 bits per heavy atom. The van der Waals surface area contributed by atoms with E-state index >= 15 is 0 Å². The summed E-state index contributed by atoms with van der Waals surface area (Å²) in [7, 11) is 1.79. The van der Waals surface area contributed by atoms with Crippen molar-refractivity contribution in [2.45, 2.75) is 33.2 Å². The molecule has 0 saturated carbocycles. The number of nitrogens with one attached hydrogen (secondary N) is 1. The quantitative estimate of drug-likeness (QED) is 0.796. The smallest absolute Gasteiger partial charge is 0.160 e. The van der Waals surface area contributed by atoms with Crippen molar-refractivity contribution in [3.63, 3.8) is 0 Å². The van der Waals surface area contributed by atoms with Gasteiger partial charge in [-0.3, -0.25) is 0 Å². The van der Waals surface area contributed by atoms with Gasteiger partial charge in [0.15, 0.2) is 11.6 Å². The second kappa shape index (κ2) is 5.32. The molecule has 4 heteroatoms. The van der Waals surface area contributed by atoms with E-state index in [4.69, 9.17) is 11.6 Å². The van der Waals surface area contributed by atoms with Gasteiger partial charge in [-0.05, 0) is 36.6 Å². The van der Waals surface area contributed by atoms with Crippen LogP contribution < -0.4 is 5.32 Å². The molecule has 1 aromatic rings. The van der Waals surface area contributed by atoms with Crippen LogP contribution in [-0.2, 0) is 0 Å². The molecule has 0 saturated heterocycles. The van der Waals surface area contributed by atoms with Gasteiger partial charge < -0.3 is 5.32 Å². The highest BCUT2D eigenvalue weighted by Crippen LogP contribution is 2.39. The monoisotopic (exact) mass is 261 g/mol. The Labute approximate surface area is 106 Å². The summed E-state index contributed by atoms with van der Waals surface area (Å²) in [5.41, 5.74) is 0.503. The second-order valence-corrected chi connectivity index (χ2v) is 5.26. The predicted octanol–water partition coefficient (Wildman–Crippen LogP) is 4.31. The van der Waals surface area contributed by atoms with Crippen LogP contribution >= 0.6 is 11.6 Å². The molecule has 17 heavy (non-hydrogen) atoms. The van der Waals surface area contributed by atoms with Crippen molar-refractivity contribution in [2.75, 3.05) is 7.05 Å². The lowest BCUT2D eigenvalue weighted by atomic mass is 9.78. The van der Waals surface area contributed by atoms with Crippen LogP contribution in [0.4, 0.5) is 8.78 Å². The van der Waals surface area contributed by atoms with Crippen LogP contribution in [0.15, 0.2) is 12.1 Å². The molecule has 1 atom stereocenters. The highest BCUT2D eigenvalue weighted by molar-refractivity contribution is 6.31. The van der Waals surface area contributed by atoms with Crippen LogP contribution in [0.2, 0.25) is 5.02 Å². The SMILES string of the molecule is CCC(C)(C)C(NC)c1cc(F)c(F)cc1Cl. The van der Waals surface area contributed by atoms with Crippen LogP contribution in [0.1, 0.15) is 38.8 Å². The lowest BCUT2D eigenvalue weighted by Gasteiger charge is -2.34. The number of rotatable bonds is 4. The summed E-state index contributed by atoms with van der Waals surface area (Å²) in [6.45, 7) is 6.18. The van der Waals surface area contributed by atoms with E-state index in [1.54, 1.807) is 7.05 Å². The first-order valence-electron chi connectivity index (χ1n) is 5.65. The Balaban J connectivity index is 3.26. The largest absolute Gasteiger partial charge is 0.313 e. The zero-order valence-corrected chi connectivity index (χ0v) is 11.3. The Morgan fingerprint density at radius 3 is 2.29 bits per heavy atom. The lowest BCUT2D eigenvalue weighted by Crippen LogP contribution is -2.32. The van der Waals surface area contributed by atoms with Crippen molar-refractivity contribution in [3.8, 4) is 0 Å². The fourth-order valence-corrected chi connectivity index (χ4v) is 2.19. The molecule has 1 unspecified atom stereocenters. The van der Waals surface area contributed by atoms with Crippen molar-refractivity contribution in [3.05, 3.63) is 34.4 Å². The molecule has 0 heterocycles. The summed E-state index contributed by atoms with van der Waals surface area (Å²) in [4.78, 5) is 0. The Kier molecular flexibility index (Phi) is 4.50. The number of benzene rings is 1. The predicted molar refractivity (Wildman–Crippen MR) is 67.2 cm³/mol. The van der Waals surface area contributed by atoms with Crippen LogP contribution in [-0.4, -0.2) is 7.05 Å². The summed E-state index contributed by atoms with van der Waals surface area (Å²) in [6.07, 6.45) is 0.897. The van der Waals surface area contributed by atoms with Crippen molar-refractivity contribution in [1.29, 1.82) is 0 Å². The van der Waals surface area contributed by atoms with Gasteiger partial charge in [-0.1, -0.05) is 32.4 Å². The standard InChI is InChI=1S/C13H18ClF2N/c1-5-13(2,3)12(17-4)8-6-10(15)11(16)7-9(8)14/h6-7,12,17H,5H2,1-4H3. The van der Waals surface area contributed by atoms with Crippen molar-refractivity contribution in [1.82, 2.24) is 5.32 Å². The third-order valence-corrected chi connectivity index (χ3v) is 3.66. The highest BCUT2D eigenvalue weighted by Gasteiger charge is 2.30. The zero-order valence-electron chi connectivity index (χ0n) is 10.6. The van der Waals surface area contributed by atoms with E-state index in [1.807, 2.05) is 0 Å². The fourth-order valence-electron chi connectivity index (χ4n) is 1.93. The molecule has 0 fully saturated rings. The minimum absolute atomic E-state index is 0.0946. The lowest BCUT2D eigenvalue weighted by molar-refractivity contribution is 0.245. The van der Waals surface area contributed by atoms with Crippen molar-refractivity contribution < 1.29 is 8.78 Å². The Bertz CT molecular complexity index is 405. The number of hydrogen-bond donors (Lipinski definition) is 1. The van der Waals surface area contributed by atoms with Gasteiger partial charge in [0.1, 0.15) is 0 Å². The minimum atomic E-state index is -0.914. The maximum Gasteiger partial charge on any atom is 0.160 e. The summed E-state index contributed by atoms with van der Waals surface area (Å²) in [6, 6.07) is 2.09. The van der Waals surface area contributed by atoms with E-state index in [9.17, 15) is 8.78 Å². The molecule has 0 bridgehead atoms. The van der Waals surface area contributed by atoms with Gasteiger partial charge in [0, 0.05) is 11.1 Å². The van der Waals surface area contributed by atoms with Gasteiger partial charge in [0.2, 0.25) is 0 Å². The van der Waals surface area contributed by atoms with E-state index in [0.717, 1.165) is 12.5 Å². The highest BCUT2D eigenvalue weighted by atomic mass is 35.5. The first-order valence-corrected chi connectivity index (χ1v) is 6.03. The summed E-state index contributed by atoms with van der Waals surface area (Å²) in [5, 5.41) is 3.38. The van der Waals surface area contributed by atoms with Crippen LogP contribution in [0.25, 0.3) is 0 Å². The topological polar surface area (TPSA) is 12.0 Å². The molecule has 1 nitrogen and oxygen atoms in total. The second-order valence-electron chi connectivity index (χ2n) is 4.85. The van der Waals surface area contributed by atoms with Gasteiger partial charge in [0.05, 0.1) is 0 Å².